The molecule has 0 bridgehead atoms. The minimum Gasteiger partial charge on any atom is -0.467 e. The lowest BCUT2D eigenvalue weighted by atomic mass is 10.1. The zero-order valence-corrected chi connectivity index (χ0v) is 11.4. The highest BCUT2D eigenvalue weighted by Gasteiger charge is 2.29. The minimum atomic E-state index is -0.625. The van der Waals surface area contributed by atoms with Crippen molar-refractivity contribution in [2.75, 3.05) is 26.8 Å². The number of carbonyl (C=O) groups is 2. The van der Waals surface area contributed by atoms with Crippen LogP contribution in [0.4, 0.5) is 0 Å². The second-order valence-corrected chi connectivity index (χ2v) is 4.72. The highest BCUT2D eigenvalue weighted by atomic mass is 16.5. The zero-order chi connectivity index (χ0) is 13.7. The van der Waals surface area contributed by atoms with Gasteiger partial charge in [0, 0.05) is 26.1 Å². The molecule has 0 radical (unpaired) electrons. The van der Waals surface area contributed by atoms with Gasteiger partial charge in [-0.2, -0.15) is 0 Å². The lowest BCUT2D eigenvalue weighted by Gasteiger charge is -2.38. The van der Waals surface area contributed by atoms with Crippen LogP contribution >= 0.6 is 0 Å². The Balaban J connectivity index is 2.63. The number of nitrogens with one attached hydrogen (secondary N) is 1. The van der Waals surface area contributed by atoms with Gasteiger partial charge in [-0.1, -0.05) is 0 Å². The predicted octanol–water partition coefficient (Wildman–Crippen LogP) is -0.227. The van der Waals surface area contributed by atoms with Crippen molar-refractivity contribution in [2.24, 2.45) is 0 Å². The number of esters is 1. The summed E-state index contributed by atoms with van der Waals surface area (Å²) in [6, 6.07) is -0.401. The van der Waals surface area contributed by atoms with Gasteiger partial charge in [-0.25, -0.2) is 4.79 Å². The molecule has 1 fully saturated rings. The second kappa shape index (κ2) is 6.70. The summed E-state index contributed by atoms with van der Waals surface area (Å²) in [7, 11) is 1.32. The number of rotatable bonds is 4. The second-order valence-electron chi connectivity index (χ2n) is 4.72. The van der Waals surface area contributed by atoms with Gasteiger partial charge >= 0.3 is 5.97 Å². The largest absolute Gasteiger partial charge is 0.467 e. The fourth-order valence-corrected chi connectivity index (χ4v) is 2.03. The molecule has 3 unspecified atom stereocenters. The zero-order valence-electron chi connectivity index (χ0n) is 11.4. The number of methoxy groups -OCH3 is 1. The maximum atomic E-state index is 11.6. The molecule has 0 saturated carbocycles. The average molecular weight is 258 g/mol. The number of amides is 1. The topological polar surface area (TPSA) is 67.9 Å². The molecule has 1 amide bonds. The van der Waals surface area contributed by atoms with Crippen molar-refractivity contribution in [3.63, 3.8) is 0 Å². The van der Waals surface area contributed by atoms with E-state index in [1.54, 1.807) is 0 Å². The van der Waals surface area contributed by atoms with E-state index >= 15 is 0 Å². The van der Waals surface area contributed by atoms with E-state index in [1.807, 2.05) is 13.8 Å². The monoisotopic (exact) mass is 258 g/mol. The van der Waals surface area contributed by atoms with Crippen molar-refractivity contribution < 1.29 is 19.1 Å². The summed E-state index contributed by atoms with van der Waals surface area (Å²) in [5.74, 6) is -0.657. The summed E-state index contributed by atoms with van der Waals surface area (Å²) in [5, 5.41) is 2.62. The van der Waals surface area contributed by atoms with E-state index in [2.05, 4.69) is 10.2 Å². The Bertz CT molecular complexity index is 308. The maximum Gasteiger partial charge on any atom is 0.329 e. The summed E-state index contributed by atoms with van der Waals surface area (Å²) in [5.41, 5.74) is 0. The molecule has 1 aliphatic heterocycles. The number of carbonyl (C=O) groups excluding carboxylic acids is 2. The van der Waals surface area contributed by atoms with Crippen molar-refractivity contribution in [3.05, 3.63) is 0 Å². The molecule has 3 atom stereocenters. The van der Waals surface area contributed by atoms with E-state index in [-0.39, 0.29) is 18.1 Å². The summed E-state index contributed by atoms with van der Waals surface area (Å²) in [4.78, 5) is 24.8. The lowest BCUT2D eigenvalue weighted by Crippen LogP contribution is -2.55. The molecule has 1 saturated heterocycles. The third kappa shape index (κ3) is 4.27. The summed E-state index contributed by atoms with van der Waals surface area (Å²) in [6.07, 6.45) is 0.136. The fraction of sp³-hybridized carbons (Fsp3) is 0.833. The van der Waals surface area contributed by atoms with Crippen molar-refractivity contribution in [2.45, 2.75) is 39.0 Å². The van der Waals surface area contributed by atoms with Crippen LogP contribution in [0.1, 0.15) is 20.8 Å². The smallest absolute Gasteiger partial charge is 0.329 e. The molecule has 18 heavy (non-hydrogen) atoms. The third-order valence-corrected chi connectivity index (χ3v) is 3.02. The van der Waals surface area contributed by atoms with Crippen molar-refractivity contribution in [1.29, 1.82) is 0 Å². The number of ether oxygens (including phenoxy) is 2. The fourth-order valence-electron chi connectivity index (χ4n) is 2.03. The van der Waals surface area contributed by atoms with Crippen molar-refractivity contribution >= 4 is 11.9 Å². The van der Waals surface area contributed by atoms with Gasteiger partial charge in [-0.15, -0.1) is 0 Å². The van der Waals surface area contributed by atoms with Crippen LogP contribution in [0.2, 0.25) is 0 Å². The van der Waals surface area contributed by atoms with Crippen molar-refractivity contribution in [1.82, 2.24) is 10.2 Å². The highest BCUT2D eigenvalue weighted by Crippen LogP contribution is 2.12. The Labute approximate surface area is 108 Å². The average Bonchev–Trinajstić information content (AvgIpc) is 2.31. The number of hydrogen-bond acceptors (Lipinski definition) is 5. The first-order chi connectivity index (χ1) is 8.43. The molecule has 0 aromatic rings. The number of nitrogens with zero attached hydrogens (tertiary/aromatic N) is 1. The molecule has 6 nitrogen and oxygen atoms in total. The molecule has 1 N–H and O–H groups in total. The van der Waals surface area contributed by atoms with E-state index in [1.165, 1.54) is 14.0 Å². The van der Waals surface area contributed by atoms with Gasteiger partial charge in [0.1, 0.15) is 6.04 Å². The predicted molar refractivity (Wildman–Crippen MR) is 66.1 cm³/mol. The molecule has 1 aliphatic rings. The molecule has 0 aromatic carbocycles. The Kier molecular flexibility index (Phi) is 5.55. The van der Waals surface area contributed by atoms with E-state index in [9.17, 15) is 9.59 Å². The van der Waals surface area contributed by atoms with E-state index < -0.39 is 12.0 Å². The number of morpholine rings is 1. The van der Waals surface area contributed by atoms with Gasteiger partial charge in [0.15, 0.2) is 0 Å². The van der Waals surface area contributed by atoms with Gasteiger partial charge in [0.05, 0.1) is 19.8 Å². The summed E-state index contributed by atoms with van der Waals surface area (Å²) < 4.78 is 10.2. The highest BCUT2D eigenvalue weighted by molar-refractivity contribution is 5.83. The maximum absolute atomic E-state index is 11.6. The normalized spacial score (nSPS) is 26.4. The molecule has 0 aromatic heterocycles. The quantitative estimate of drug-likeness (QED) is 0.706. The summed E-state index contributed by atoms with van der Waals surface area (Å²) in [6.45, 7) is 7.24. The first-order valence-electron chi connectivity index (χ1n) is 6.14. The van der Waals surface area contributed by atoms with Crippen LogP contribution in [0, 0.1) is 0 Å². The molecule has 104 valence electrons. The van der Waals surface area contributed by atoms with Crippen LogP contribution < -0.4 is 5.32 Å². The molecule has 1 heterocycles. The van der Waals surface area contributed by atoms with Crippen LogP contribution in [-0.2, 0) is 19.1 Å². The van der Waals surface area contributed by atoms with Gasteiger partial charge in [-0.3, -0.25) is 9.69 Å². The van der Waals surface area contributed by atoms with E-state index in [0.29, 0.717) is 13.2 Å². The van der Waals surface area contributed by atoms with Crippen LogP contribution in [0.15, 0.2) is 0 Å². The van der Waals surface area contributed by atoms with Crippen LogP contribution in [-0.4, -0.2) is 61.8 Å². The van der Waals surface area contributed by atoms with E-state index in [4.69, 9.17) is 9.47 Å². The summed E-state index contributed by atoms with van der Waals surface area (Å²) >= 11 is 0. The van der Waals surface area contributed by atoms with Crippen molar-refractivity contribution in [3.8, 4) is 0 Å². The molecule has 0 aliphatic carbocycles. The van der Waals surface area contributed by atoms with E-state index in [0.717, 1.165) is 6.54 Å². The van der Waals surface area contributed by atoms with Crippen LogP contribution in [0.3, 0.4) is 0 Å². The Morgan fingerprint density at radius 3 is 2.72 bits per heavy atom. The first-order valence-corrected chi connectivity index (χ1v) is 6.14. The van der Waals surface area contributed by atoms with Gasteiger partial charge < -0.3 is 14.8 Å². The SMILES string of the molecule is COC(=O)C(CN1CC(C)OCC1C)NC(C)=O. The standard InChI is InChI=1S/C12H22N2O4/c1-8-7-18-9(2)5-14(8)6-11(12(16)17-4)13-10(3)15/h8-9,11H,5-7H2,1-4H3,(H,13,15). The third-order valence-electron chi connectivity index (χ3n) is 3.02. The lowest BCUT2D eigenvalue weighted by molar-refractivity contribution is -0.146. The van der Waals surface area contributed by atoms with Gasteiger partial charge in [-0.05, 0) is 13.8 Å². The minimum absolute atomic E-state index is 0.136. The Morgan fingerprint density at radius 2 is 2.17 bits per heavy atom. The van der Waals surface area contributed by atoms with Gasteiger partial charge in [0.2, 0.25) is 5.91 Å². The molecular formula is C12H22N2O4. The Hall–Kier alpha value is -1.14. The Morgan fingerprint density at radius 1 is 1.50 bits per heavy atom. The van der Waals surface area contributed by atoms with Crippen LogP contribution in [0.25, 0.3) is 0 Å². The van der Waals surface area contributed by atoms with Gasteiger partial charge in [0.25, 0.3) is 0 Å². The molecule has 1 rings (SSSR count). The first kappa shape index (κ1) is 14.9. The number of hydrogen-bond donors (Lipinski definition) is 1. The molecule has 6 heteroatoms. The van der Waals surface area contributed by atoms with Crippen LogP contribution in [0.5, 0.6) is 0 Å². The molecule has 0 spiro atoms. The molecular weight excluding hydrogens is 236 g/mol.